The van der Waals surface area contributed by atoms with Crippen LogP contribution in [0.25, 0.3) is 0 Å². The summed E-state index contributed by atoms with van der Waals surface area (Å²) in [5.41, 5.74) is 0. The molecule has 21 heavy (non-hydrogen) atoms. The minimum atomic E-state index is -0.168. The molecule has 0 aromatic heterocycles. The Labute approximate surface area is 132 Å². The zero-order chi connectivity index (χ0) is 16.3. The molecule has 2 atom stereocenters. The van der Waals surface area contributed by atoms with Crippen molar-refractivity contribution >= 4 is 5.97 Å². The first-order valence-corrected chi connectivity index (χ1v) is 8.83. The lowest BCUT2D eigenvalue weighted by atomic mass is 10.0. The van der Waals surface area contributed by atoms with E-state index in [-0.39, 0.29) is 18.1 Å². The second-order valence-corrected chi connectivity index (χ2v) is 6.94. The summed E-state index contributed by atoms with van der Waals surface area (Å²) in [6.07, 6.45) is 8.40. The highest BCUT2D eigenvalue weighted by molar-refractivity contribution is 5.76. The molecule has 3 heteroatoms. The highest BCUT2D eigenvalue weighted by Gasteiger charge is 2.23. The average Bonchev–Trinajstić information content (AvgIpc) is 2.36. The Balaban J connectivity index is 4.16. The van der Waals surface area contributed by atoms with Gasteiger partial charge < -0.3 is 10.1 Å². The number of hydrogen-bond donors (Lipinski definition) is 1. The van der Waals surface area contributed by atoms with Crippen LogP contribution in [0, 0.1) is 5.92 Å². The fraction of sp³-hybridized carbons (Fsp3) is 0.944. The first-order chi connectivity index (χ1) is 9.86. The Bertz CT molecular complexity index is 264. The molecule has 0 aliphatic heterocycles. The summed E-state index contributed by atoms with van der Waals surface area (Å²) in [4.78, 5) is 12.2. The van der Waals surface area contributed by atoms with Gasteiger partial charge in [-0.05, 0) is 39.5 Å². The van der Waals surface area contributed by atoms with E-state index >= 15 is 0 Å². The summed E-state index contributed by atoms with van der Waals surface area (Å²) < 4.78 is 5.37. The predicted octanol–water partition coefficient (Wildman–Crippen LogP) is 4.69. The second-order valence-electron chi connectivity index (χ2n) is 6.94. The van der Waals surface area contributed by atoms with Crippen LogP contribution in [0.15, 0.2) is 0 Å². The van der Waals surface area contributed by atoms with Crippen LogP contribution in [-0.4, -0.2) is 24.2 Å². The summed E-state index contributed by atoms with van der Waals surface area (Å²) in [7, 11) is 0. The van der Waals surface area contributed by atoms with Crippen molar-refractivity contribution in [1.29, 1.82) is 0 Å². The van der Waals surface area contributed by atoms with E-state index in [0.29, 0.717) is 12.0 Å². The number of rotatable bonds is 12. The van der Waals surface area contributed by atoms with E-state index in [2.05, 4.69) is 33.0 Å². The van der Waals surface area contributed by atoms with Gasteiger partial charge in [0.25, 0.3) is 0 Å². The van der Waals surface area contributed by atoms with Crippen molar-refractivity contribution in [3.63, 3.8) is 0 Å². The molecule has 0 heterocycles. The second kappa shape index (κ2) is 12.0. The maximum Gasteiger partial charge on any atom is 0.323 e. The molecule has 1 unspecified atom stereocenters. The Kier molecular flexibility index (Phi) is 11.7. The number of carbonyl (C=O) groups excluding carboxylic acids is 1. The molecule has 0 aromatic rings. The van der Waals surface area contributed by atoms with Gasteiger partial charge in [-0.3, -0.25) is 4.79 Å². The largest absolute Gasteiger partial charge is 0.462 e. The summed E-state index contributed by atoms with van der Waals surface area (Å²) in [5.74, 6) is 0.385. The van der Waals surface area contributed by atoms with Crippen molar-refractivity contribution in [1.82, 2.24) is 5.32 Å². The minimum Gasteiger partial charge on any atom is -0.462 e. The van der Waals surface area contributed by atoms with Gasteiger partial charge in [0.05, 0.1) is 6.10 Å². The number of hydrogen-bond acceptors (Lipinski definition) is 3. The fourth-order valence-corrected chi connectivity index (χ4v) is 2.50. The first-order valence-electron chi connectivity index (χ1n) is 8.83. The third-order valence-electron chi connectivity index (χ3n) is 3.57. The fourth-order valence-electron chi connectivity index (χ4n) is 2.50. The Morgan fingerprint density at radius 3 is 2.14 bits per heavy atom. The molecule has 0 aliphatic rings. The Hall–Kier alpha value is -0.570. The van der Waals surface area contributed by atoms with Crippen molar-refractivity contribution in [2.45, 2.75) is 105 Å². The molecule has 0 saturated heterocycles. The van der Waals surface area contributed by atoms with Crippen LogP contribution in [-0.2, 0) is 9.53 Å². The summed E-state index contributed by atoms with van der Waals surface area (Å²) >= 11 is 0. The Morgan fingerprint density at radius 1 is 1.00 bits per heavy atom. The van der Waals surface area contributed by atoms with E-state index in [9.17, 15) is 4.79 Å². The maximum absolute atomic E-state index is 12.2. The number of carbonyl (C=O) groups is 1. The Morgan fingerprint density at radius 2 is 1.62 bits per heavy atom. The van der Waals surface area contributed by atoms with E-state index in [4.69, 9.17) is 4.74 Å². The van der Waals surface area contributed by atoms with Gasteiger partial charge in [-0.1, -0.05) is 52.9 Å². The van der Waals surface area contributed by atoms with Gasteiger partial charge in [0, 0.05) is 6.04 Å². The van der Waals surface area contributed by atoms with E-state index in [1.807, 2.05) is 13.8 Å². The molecular formula is C18H37NO2. The molecule has 3 nitrogen and oxygen atoms in total. The van der Waals surface area contributed by atoms with E-state index in [1.54, 1.807) is 0 Å². The van der Waals surface area contributed by atoms with Crippen LogP contribution >= 0.6 is 0 Å². The van der Waals surface area contributed by atoms with Crippen LogP contribution in [0.1, 0.15) is 86.5 Å². The van der Waals surface area contributed by atoms with Crippen LogP contribution in [0.5, 0.6) is 0 Å². The van der Waals surface area contributed by atoms with Crippen LogP contribution in [0.4, 0.5) is 0 Å². The molecule has 0 rings (SSSR count). The molecule has 0 aromatic carbocycles. The summed E-state index contributed by atoms with van der Waals surface area (Å²) in [6, 6.07) is 0.202. The SMILES string of the molecule is CCCCCCCC(C)N[C@H](CC(C)C)C(=O)OC(C)C. The third kappa shape index (κ3) is 11.7. The van der Waals surface area contributed by atoms with E-state index < -0.39 is 0 Å². The lowest BCUT2D eigenvalue weighted by Gasteiger charge is -2.24. The summed E-state index contributed by atoms with van der Waals surface area (Å²) in [6.45, 7) is 12.5. The average molecular weight is 299 g/mol. The zero-order valence-corrected chi connectivity index (χ0v) is 15.1. The van der Waals surface area contributed by atoms with E-state index in [1.165, 1.54) is 32.1 Å². The predicted molar refractivity (Wildman–Crippen MR) is 90.4 cm³/mol. The van der Waals surface area contributed by atoms with Gasteiger partial charge in [-0.2, -0.15) is 0 Å². The molecule has 0 spiro atoms. The molecule has 0 bridgehead atoms. The van der Waals surface area contributed by atoms with Gasteiger partial charge in [0.15, 0.2) is 0 Å². The zero-order valence-electron chi connectivity index (χ0n) is 15.1. The van der Waals surface area contributed by atoms with Crippen LogP contribution in [0.2, 0.25) is 0 Å². The normalized spacial score (nSPS) is 14.5. The van der Waals surface area contributed by atoms with Gasteiger partial charge >= 0.3 is 5.97 Å². The van der Waals surface area contributed by atoms with Gasteiger partial charge in [-0.15, -0.1) is 0 Å². The molecule has 0 amide bonds. The molecule has 0 radical (unpaired) electrons. The molecule has 1 N–H and O–H groups in total. The van der Waals surface area contributed by atoms with Gasteiger partial charge in [-0.25, -0.2) is 0 Å². The highest BCUT2D eigenvalue weighted by atomic mass is 16.5. The number of unbranched alkanes of at least 4 members (excludes halogenated alkanes) is 4. The standard InChI is InChI=1S/C18H37NO2/c1-7-8-9-10-11-12-16(6)19-17(13-14(2)3)18(20)21-15(4)5/h14-17,19H,7-13H2,1-6H3/t16?,17-/m1/s1. The number of ether oxygens (including phenoxy) is 1. The van der Waals surface area contributed by atoms with Crippen molar-refractivity contribution in [2.75, 3.05) is 0 Å². The molecular weight excluding hydrogens is 262 g/mol. The highest BCUT2D eigenvalue weighted by Crippen LogP contribution is 2.12. The first kappa shape index (κ1) is 20.4. The number of esters is 1. The molecule has 0 fully saturated rings. The van der Waals surface area contributed by atoms with Gasteiger partial charge in [0.2, 0.25) is 0 Å². The van der Waals surface area contributed by atoms with Gasteiger partial charge in [0.1, 0.15) is 6.04 Å². The smallest absolute Gasteiger partial charge is 0.323 e. The quantitative estimate of drug-likeness (QED) is 0.419. The monoisotopic (exact) mass is 299 g/mol. The molecule has 0 aliphatic carbocycles. The van der Waals surface area contributed by atoms with Crippen molar-refractivity contribution in [2.24, 2.45) is 5.92 Å². The van der Waals surface area contributed by atoms with Crippen molar-refractivity contribution in [3.8, 4) is 0 Å². The van der Waals surface area contributed by atoms with Crippen molar-refractivity contribution in [3.05, 3.63) is 0 Å². The van der Waals surface area contributed by atoms with Crippen LogP contribution < -0.4 is 5.32 Å². The summed E-state index contributed by atoms with van der Waals surface area (Å²) in [5, 5.41) is 3.47. The van der Waals surface area contributed by atoms with E-state index in [0.717, 1.165) is 12.8 Å². The van der Waals surface area contributed by atoms with Crippen LogP contribution in [0.3, 0.4) is 0 Å². The maximum atomic E-state index is 12.2. The molecule has 126 valence electrons. The minimum absolute atomic E-state index is 0.0432. The topological polar surface area (TPSA) is 38.3 Å². The number of nitrogens with one attached hydrogen (secondary N) is 1. The molecule has 0 saturated carbocycles. The lowest BCUT2D eigenvalue weighted by Crippen LogP contribution is -2.44. The van der Waals surface area contributed by atoms with Crippen molar-refractivity contribution < 1.29 is 9.53 Å². The third-order valence-corrected chi connectivity index (χ3v) is 3.57. The lowest BCUT2D eigenvalue weighted by molar-refractivity contribution is -0.150.